The number of nitrogens with two attached hydrogens (primary N) is 1. The lowest BCUT2D eigenvalue weighted by atomic mass is 9.96. The summed E-state index contributed by atoms with van der Waals surface area (Å²) in [5.41, 5.74) is 8.76. The molecule has 1 heterocycles. The van der Waals surface area contributed by atoms with Crippen LogP contribution < -0.4 is 10.6 Å². The molecule has 0 amide bonds. The van der Waals surface area contributed by atoms with E-state index in [0.717, 1.165) is 13.1 Å². The van der Waals surface area contributed by atoms with Gasteiger partial charge in [0.2, 0.25) is 0 Å². The highest BCUT2D eigenvalue weighted by Crippen LogP contribution is 2.37. The number of rotatable bonds is 2. The first-order valence-electron chi connectivity index (χ1n) is 6.08. The third-order valence-electron chi connectivity index (χ3n) is 3.70. The van der Waals surface area contributed by atoms with Crippen molar-refractivity contribution in [1.29, 1.82) is 0 Å². The van der Waals surface area contributed by atoms with E-state index in [4.69, 9.17) is 5.73 Å². The second kappa shape index (κ2) is 4.10. The third-order valence-corrected chi connectivity index (χ3v) is 3.70. The summed E-state index contributed by atoms with van der Waals surface area (Å²) in [4.78, 5) is 2.51. The zero-order valence-corrected chi connectivity index (χ0v) is 10.5. The second-order valence-corrected chi connectivity index (χ2v) is 5.52. The smallest absolute Gasteiger partial charge is 0.0400 e. The van der Waals surface area contributed by atoms with Crippen molar-refractivity contribution in [3.8, 4) is 0 Å². The Kier molecular flexibility index (Phi) is 2.94. The summed E-state index contributed by atoms with van der Waals surface area (Å²) in [6, 6.07) is 8.62. The monoisotopic (exact) mass is 218 g/mol. The molecule has 2 N–H and O–H groups in total. The largest absolute Gasteiger partial charge is 0.366 e. The van der Waals surface area contributed by atoms with Gasteiger partial charge in [0.15, 0.2) is 0 Å². The molecule has 2 nitrogen and oxygen atoms in total. The van der Waals surface area contributed by atoms with E-state index in [1.807, 2.05) is 0 Å². The summed E-state index contributed by atoms with van der Waals surface area (Å²) < 4.78 is 0. The van der Waals surface area contributed by atoms with Crippen LogP contribution in [-0.4, -0.2) is 18.6 Å². The summed E-state index contributed by atoms with van der Waals surface area (Å²) in [5, 5.41) is 0. The van der Waals surface area contributed by atoms with Crippen molar-refractivity contribution in [3.63, 3.8) is 0 Å². The summed E-state index contributed by atoms with van der Waals surface area (Å²) >= 11 is 0. The molecule has 1 saturated heterocycles. The molecule has 0 aliphatic carbocycles. The molecule has 0 radical (unpaired) electrons. The van der Waals surface area contributed by atoms with Crippen molar-refractivity contribution in [2.24, 2.45) is 11.7 Å². The lowest BCUT2D eigenvalue weighted by Gasteiger charge is -2.34. The molecule has 2 heteroatoms. The SMILES string of the molecule is Cc1ccccc1N1CC(CN)CC1(C)C. The maximum absolute atomic E-state index is 5.81. The van der Waals surface area contributed by atoms with Gasteiger partial charge in [0.1, 0.15) is 0 Å². The molecule has 0 aromatic heterocycles. The van der Waals surface area contributed by atoms with Crippen LogP contribution in [0.25, 0.3) is 0 Å². The van der Waals surface area contributed by atoms with Crippen LogP contribution >= 0.6 is 0 Å². The first kappa shape index (κ1) is 11.5. The predicted molar refractivity (Wildman–Crippen MR) is 69.8 cm³/mol. The Hall–Kier alpha value is -1.02. The Morgan fingerprint density at radius 3 is 2.62 bits per heavy atom. The minimum atomic E-state index is 0.232. The predicted octanol–water partition coefficient (Wildman–Crippen LogP) is 2.56. The van der Waals surface area contributed by atoms with Gasteiger partial charge in [-0.05, 0) is 51.3 Å². The quantitative estimate of drug-likeness (QED) is 0.826. The number of para-hydroxylation sites is 1. The topological polar surface area (TPSA) is 29.3 Å². The van der Waals surface area contributed by atoms with Crippen LogP contribution in [0.3, 0.4) is 0 Å². The van der Waals surface area contributed by atoms with Gasteiger partial charge >= 0.3 is 0 Å². The summed E-state index contributed by atoms with van der Waals surface area (Å²) in [6.45, 7) is 8.70. The molecule has 1 aromatic rings. The minimum absolute atomic E-state index is 0.232. The standard InChI is InChI=1S/C14H22N2/c1-11-6-4-5-7-13(11)16-10-12(9-15)8-14(16,2)3/h4-7,12H,8-10,15H2,1-3H3. The lowest BCUT2D eigenvalue weighted by Crippen LogP contribution is -2.38. The van der Waals surface area contributed by atoms with E-state index in [9.17, 15) is 0 Å². The normalized spacial score (nSPS) is 23.8. The van der Waals surface area contributed by atoms with Crippen LogP contribution in [0.2, 0.25) is 0 Å². The van der Waals surface area contributed by atoms with Crippen molar-refractivity contribution in [1.82, 2.24) is 0 Å². The number of nitrogens with zero attached hydrogens (tertiary/aromatic N) is 1. The molecule has 1 aromatic carbocycles. The van der Waals surface area contributed by atoms with Crippen LogP contribution in [0.5, 0.6) is 0 Å². The Morgan fingerprint density at radius 2 is 2.06 bits per heavy atom. The zero-order chi connectivity index (χ0) is 11.8. The van der Waals surface area contributed by atoms with E-state index in [1.54, 1.807) is 0 Å². The van der Waals surface area contributed by atoms with Gasteiger partial charge in [0.05, 0.1) is 0 Å². The summed E-state index contributed by atoms with van der Waals surface area (Å²) in [5.74, 6) is 0.634. The van der Waals surface area contributed by atoms with Gasteiger partial charge in [-0.25, -0.2) is 0 Å². The van der Waals surface area contributed by atoms with E-state index < -0.39 is 0 Å². The van der Waals surface area contributed by atoms with Crippen LogP contribution in [-0.2, 0) is 0 Å². The van der Waals surface area contributed by atoms with E-state index >= 15 is 0 Å². The zero-order valence-electron chi connectivity index (χ0n) is 10.5. The first-order valence-corrected chi connectivity index (χ1v) is 6.08. The number of aryl methyl sites for hydroxylation is 1. The maximum Gasteiger partial charge on any atom is 0.0400 e. The Bertz CT molecular complexity index is 371. The van der Waals surface area contributed by atoms with Crippen LogP contribution in [0, 0.1) is 12.8 Å². The van der Waals surface area contributed by atoms with Gasteiger partial charge in [0.25, 0.3) is 0 Å². The van der Waals surface area contributed by atoms with E-state index in [0.29, 0.717) is 5.92 Å². The lowest BCUT2D eigenvalue weighted by molar-refractivity contribution is 0.476. The fourth-order valence-corrected chi connectivity index (χ4v) is 2.84. The van der Waals surface area contributed by atoms with E-state index in [-0.39, 0.29) is 5.54 Å². The molecule has 88 valence electrons. The number of anilines is 1. The van der Waals surface area contributed by atoms with Crippen molar-refractivity contribution >= 4 is 5.69 Å². The van der Waals surface area contributed by atoms with Crippen molar-refractivity contribution in [3.05, 3.63) is 29.8 Å². The highest BCUT2D eigenvalue weighted by molar-refractivity contribution is 5.56. The van der Waals surface area contributed by atoms with Gasteiger partial charge in [0, 0.05) is 17.8 Å². The minimum Gasteiger partial charge on any atom is -0.366 e. The van der Waals surface area contributed by atoms with E-state index in [2.05, 4.69) is 49.9 Å². The van der Waals surface area contributed by atoms with Crippen molar-refractivity contribution < 1.29 is 0 Å². The van der Waals surface area contributed by atoms with Crippen LogP contribution in [0.4, 0.5) is 5.69 Å². The summed E-state index contributed by atoms with van der Waals surface area (Å²) in [6.07, 6.45) is 1.19. The Balaban J connectivity index is 2.31. The molecule has 0 bridgehead atoms. The molecule has 0 spiro atoms. The van der Waals surface area contributed by atoms with Crippen molar-refractivity contribution in [2.45, 2.75) is 32.7 Å². The molecule has 1 aliphatic rings. The fraction of sp³-hybridized carbons (Fsp3) is 0.571. The number of benzene rings is 1. The number of hydrogen-bond donors (Lipinski definition) is 1. The van der Waals surface area contributed by atoms with Gasteiger partial charge in [-0.3, -0.25) is 0 Å². The molecule has 2 rings (SSSR count). The van der Waals surface area contributed by atoms with Crippen LogP contribution in [0.1, 0.15) is 25.8 Å². The van der Waals surface area contributed by atoms with Gasteiger partial charge in [-0.15, -0.1) is 0 Å². The molecule has 1 aliphatic heterocycles. The number of hydrogen-bond acceptors (Lipinski definition) is 2. The van der Waals surface area contributed by atoms with E-state index in [1.165, 1.54) is 17.7 Å². The highest BCUT2D eigenvalue weighted by atomic mass is 15.2. The third kappa shape index (κ3) is 1.94. The molecule has 1 unspecified atom stereocenters. The Labute approximate surface area is 98.4 Å². The van der Waals surface area contributed by atoms with Gasteiger partial charge in [-0.1, -0.05) is 18.2 Å². The Morgan fingerprint density at radius 1 is 1.38 bits per heavy atom. The second-order valence-electron chi connectivity index (χ2n) is 5.52. The summed E-state index contributed by atoms with van der Waals surface area (Å²) in [7, 11) is 0. The molecular formula is C14H22N2. The average Bonchev–Trinajstić information content (AvgIpc) is 2.54. The van der Waals surface area contributed by atoms with Crippen molar-refractivity contribution in [2.75, 3.05) is 18.0 Å². The van der Waals surface area contributed by atoms with Gasteiger partial charge in [-0.2, -0.15) is 0 Å². The average molecular weight is 218 g/mol. The van der Waals surface area contributed by atoms with Gasteiger partial charge < -0.3 is 10.6 Å². The fourth-order valence-electron chi connectivity index (χ4n) is 2.84. The molecule has 1 atom stereocenters. The first-order chi connectivity index (χ1) is 7.54. The molecule has 0 saturated carbocycles. The maximum atomic E-state index is 5.81. The molecule has 1 fully saturated rings. The highest BCUT2D eigenvalue weighted by Gasteiger charge is 2.37. The molecule has 16 heavy (non-hydrogen) atoms. The molecular weight excluding hydrogens is 196 g/mol. The van der Waals surface area contributed by atoms with Crippen LogP contribution in [0.15, 0.2) is 24.3 Å².